The highest BCUT2D eigenvalue weighted by Crippen LogP contribution is 2.21. The predicted octanol–water partition coefficient (Wildman–Crippen LogP) is 1.50. The number of carbonyl (C=O) groups excluding carboxylic acids is 1. The van der Waals surface area contributed by atoms with Crippen LogP contribution in [0.4, 0.5) is 0 Å². The third-order valence-corrected chi connectivity index (χ3v) is 3.33. The average Bonchev–Trinajstić information content (AvgIpc) is 2.08. The van der Waals surface area contributed by atoms with Crippen LogP contribution in [0.15, 0.2) is 0 Å². The Morgan fingerprint density at radius 1 is 1.13 bits per heavy atom. The van der Waals surface area contributed by atoms with Crippen molar-refractivity contribution < 1.29 is 4.79 Å². The first-order valence-electron chi connectivity index (χ1n) is 5.44. The Morgan fingerprint density at radius 2 is 1.67 bits per heavy atom. The van der Waals surface area contributed by atoms with Crippen molar-refractivity contribution in [2.45, 2.75) is 58.2 Å². The van der Waals surface area contributed by atoms with Gasteiger partial charge in [0, 0.05) is 17.5 Å². The van der Waals surface area contributed by atoms with Crippen molar-refractivity contribution in [1.82, 2.24) is 10.6 Å². The van der Waals surface area contributed by atoms with Crippen molar-refractivity contribution >= 4 is 17.4 Å². The fraction of sp³-hybridized carbons (Fsp3) is 0.909. The third kappa shape index (κ3) is 2.92. The van der Waals surface area contributed by atoms with E-state index in [1.165, 1.54) is 0 Å². The summed E-state index contributed by atoms with van der Waals surface area (Å²) in [6, 6.07) is 0.0459. The number of hydrogen-bond acceptors (Lipinski definition) is 3. The zero-order chi connectivity index (χ0) is 11.8. The van der Waals surface area contributed by atoms with Crippen LogP contribution >= 0.6 is 11.6 Å². The lowest BCUT2D eigenvalue weighted by Gasteiger charge is -2.40. The van der Waals surface area contributed by atoms with Gasteiger partial charge in [-0.15, -0.1) is 11.6 Å². The first-order valence-corrected chi connectivity index (χ1v) is 5.87. The second kappa shape index (κ2) is 4.40. The van der Waals surface area contributed by atoms with E-state index in [-0.39, 0.29) is 34.8 Å². The minimum absolute atomic E-state index is 0.0791. The number of Topliss-reactive ketones (excluding diaryl/α,β-unsaturated/α-hetero) is 1. The van der Waals surface area contributed by atoms with E-state index in [9.17, 15) is 4.79 Å². The molecule has 0 aromatic carbocycles. The van der Waals surface area contributed by atoms with E-state index >= 15 is 0 Å². The lowest BCUT2D eigenvalue weighted by molar-refractivity contribution is -0.129. The van der Waals surface area contributed by atoms with Gasteiger partial charge >= 0.3 is 0 Å². The number of alkyl halides is 1. The zero-order valence-electron chi connectivity index (χ0n) is 10.1. The molecule has 1 aliphatic heterocycles. The molecule has 0 amide bonds. The molecule has 0 aromatic rings. The molecular formula is C11H21ClN2O. The Labute approximate surface area is 96.9 Å². The molecule has 0 saturated carbocycles. The lowest BCUT2D eigenvalue weighted by atomic mass is 9.83. The summed E-state index contributed by atoms with van der Waals surface area (Å²) in [5, 5.41) is 6.49. The van der Waals surface area contributed by atoms with Crippen molar-refractivity contribution in [1.29, 1.82) is 0 Å². The fourth-order valence-electron chi connectivity index (χ4n) is 1.77. The smallest absolute Gasteiger partial charge is 0.156 e. The Kier molecular flexibility index (Phi) is 3.80. The average molecular weight is 233 g/mol. The lowest BCUT2D eigenvalue weighted by Crippen LogP contribution is -2.66. The zero-order valence-corrected chi connectivity index (χ0v) is 10.9. The first kappa shape index (κ1) is 12.9. The molecule has 0 radical (unpaired) electrons. The molecule has 4 heteroatoms. The molecule has 2 N–H and O–H groups in total. The largest absolute Gasteiger partial charge is 0.301 e. The molecule has 0 bridgehead atoms. The second-order valence-electron chi connectivity index (χ2n) is 5.40. The normalized spacial score (nSPS) is 37.7. The molecule has 3 nitrogen and oxygen atoms in total. The molecule has 0 aliphatic carbocycles. The molecule has 0 aromatic heterocycles. The minimum atomic E-state index is -0.313. The quantitative estimate of drug-likeness (QED) is 0.532. The van der Waals surface area contributed by atoms with Crippen LogP contribution in [0, 0.1) is 5.41 Å². The molecule has 1 rings (SSSR count). The van der Waals surface area contributed by atoms with Gasteiger partial charge in [0.15, 0.2) is 5.78 Å². The van der Waals surface area contributed by atoms with Crippen LogP contribution in [-0.2, 0) is 4.79 Å². The van der Waals surface area contributed by atoms with Gasteiger partial charge in [0.1, 0.15) is 0 Å². The maximum atomic E-state index is 12.1. The fourth-order valence-corrected chi connectivity index (χ4v) is 2.04. The molecule has 1 aliphatic rings. The number of nitrogens with one attached hydrogen (secondary N) is 2. The van der Waals surface area contributed by atoms with Gasteiger partial charge in [-0.25, -0.2) is 0 Å². The summed E-state index contributed by atoms with van der Waals surface area (Å²) >= 11 is 6.06. The molecule has 88 valence electrons. The Hall–Kier alpha value is -0.120. The number of piperazine rings is 1. The van der Waals surface area contributed by atoms with E-state index in [2.05, 4.69) is 10.6 Å². The van der Waals surface area contributed by atoms with E-state index < -0.39 is 0 Å². The van der Waals surface area contributed by atoms with Crippen LogP contribution in [0.1, 0.15) is 34.6 Å². The monoisotopic (exact) mass is 232 g/mol. The summed E-state index contributed by atoms with van der Waals surface area (Å²) in [6.07, 6.45) is 0. The summed E-state index contributed by atoms with van der Waals surface area (Å²) in [6.45, 7) is 9.81. The number of ketones is 1. The number of carbonyl (C=O) groups is 1. The summed E-state index contributed by atoms with van der Waals surface area (Å²) in [4.78, 5) is 12.1. The van der Waals surface area contributed by atoms with E-state index in [0.29, 0.717) is 0 Å². The molecule has 1 saturated heterocycles. The van der Waals surface area contributed by atoms with Crippen LogP contribution in [0.25, 0.3) is 0 Å². The first-order chi connectivity index (χ1) is 6.73. The predicted molar refractivity (Wildman–Crippen MR) is 63.1 cm³/mol. The maximum absolute atomic E-state index is 12.1. The maximum Gasteiger partial charge on any atom is 0.156 e. The van der Waals surface area contributed by atoms with Crippen molar-refractivity contribution in [2.24, 2.45) is 5.41 Å². The van der Waals surface area contributed by atoms with Gasteiger partial charge in [-0.1, -0.05) is 20.8 Å². The van der Waals surface area contributed by atoms with E-state index in [1.807, 2.05) is 34.6 Å². The SMILES string of the molecule is CC1NC(C(=O)C(C)(C)C)C(C)NC1Cl. The summed E-state index contributed by atoms with van der Waals surface area (Å²) in [5.74, 6) is 0.234. The van der Waals surface area contributed by atoms with Gasteiger partial charge in [0.05, 0.1) is 11.5 Å². The highest BCUT2D eigenvalue weighted by molar-refractivity contribution is 6.21. The highest BCUT2D eigenvalue weighted by atomic mass is 35.5. The van der Waals surface area contributed by atoms with Gasteiger partial charge in [0.2, 0.25) is 0 Å². The van der Waals surface area contributed by atoms with Crippen LogP contribution in [-0.4, -0.2) is 29.4 Å². The summed E-state index contributed by atoms with van der Waals surface area (Å²) < 4.78 is 0. The Morgan fingerprint density at radius 3 is 2.13 bits per heavy atom. The van der Waals surface area contributed by atoms with E-state index in [0.717, 1.165) is 0 Å². The number of hydrogen-bond donors (Lipinski definition) is 2. The van der Waals surface area contributed by atoms with Crippen LogP contribution in [0.5, 0.6) is 0 Å². The molecule has 4 unspecified atom stereocenters. The van der Waals surface area contributed by atoms with Gasteiger partial charge in [0.25, 0.3) is 0 Å². The van der Waals surface area contributed by atoms with Crippen molar-refractivity contribution in [3.63, 3.8) is 0 Å². The van der Waals surface area contributed by atoms with Crippen molar-refractivity contribution in [3.05, 3.63) is 0 Å². The molecule has 4 atom stereocenters. The molecule has 0 spiro atoms. The van der Waals surface area contributed by atoms with Crippen LogP contribution in [0.2, 0.25) is 0 Å². The number of halogens is 1. The van der Waals surface area contributed by atoms with Crippen molar-refractivity contribution in [2.75, 3.05) is 0 Å². The molecule has 1 fully saturated rings. The van der Waals surface area contributed by atoms with Crippen LogP contribution < -0.4 is 10.6 Å². The molecular weight excluding hydrogens is 212 g/mol. The van der Waals surface area contributed by atoms with Gasteiger partial charge in [-0.2, -0.15) is 0 Å². The minimum Gasteiger partial charge on any atom is -0.301 e. The topological polar surface area (TPSA) is 41.1 Å². The third-order valence-electron chi connectivity index (χ3n) is 2.83. The van der Waals surface area contributed by atoms with E-state index in [4.69, 9.17) is 11.6 Å². The summed E-state index contributed by atoms with van der Waals surface area (Å²) in [5.41, 5.74) is -0.420. The number of rotatable bonds is 1. The second-order valence-corrected chi connectivity index (χ2v) is 5.87. The Balaban J connectivity index is 2.74. The Bertz CT molecular complexity index is 249. The van der Waals surface area contributed by atoms with Gasteiger partial charge < -0.3 is 5.32 Å². The van der Waals surface area contributed by atoms with E-state index in [1.54, 1.807) is 0 Å². The van der Waals surface area contributed by atoms with Crippen LogP contribution in [0.3, 0.4) is 0 Å². The highest BCUT2D eigenvalue weighted by Gasteiger charge is 2.38. The van der Waals surface area contributed by atoms with Crippen molar-refractivity contribution in [3.8, 4) is 0 Å². The molecule has 15 heavy (non-hydrogen) atoms. The molecule has 1 heterocycles. The van der Waals surface area contributed by atoms with Gasteiger partial charge in [-0.3, -0.25) is 10.1 Å². The van der Waals surface area contributed by atoms with Gasteiger partial charge in [-0.05, 0) is 13.8 Å². The standard InChI is InChI=1S/C11H21ClN2O/c1-6-8(9(15)11(3,4)5)13-7(2)10(12)14-6/h6-8,10,13-14H,1-5H3. The summed E-state index contributed by atoms with van der Waals surface area (Å²) in [7, 11) is 0.